The SMILES string of the molecule is CCC(C)N(CCOC)C1CC(C(C)(C)C)CCC1NC. The van der Waals surface area contributed by atoms with E-state index in [9.17, 15) is 0 Å². The van der Waals surface area contributed by atoms with E-state index in [4.69, 9.17) is 4.74 Å². The summed E-state index contributed by atoms with van der Waals surface area (Å²) in [6, 6.07) is 1.88. The van der Waals surface area contributed by atoms with Crippen molar-refractivity contribution in [3.63, 3.8) is 0 Å². The van der Waals surface area contributed by atoms with E-state index in [0.29, 0.717) is 23.5 Å². The van der Waals surface area contributed by atoms with E-state index in [0.717, 1.165) is 19.1 Å². The molecule has 1 fully saturated rings. The highest BCUT2D eigenvalue weighted by Crippen LogP contribution is 2.39. The maximum atomic E-state index is 5.36. The van der Waals surface area contributed by atoms with Crippen LogP contribution in [0.5, 0.6) is 0 Å². The molecule has 0 aromatic heterocycles. The van der Waals surface area contributed by atoms with Gasteiger partial charge in [-0.1, -0.05) is 27.7 Å². The molecule has 0 bridgehead atoms. The molecule has 4 atom stereocenters. The number of ether oxygens (including phenoxy) is 1. The van der Waals surface area contributed by atoms with Crippen LogP contribution in [0.4, 0.5) is 0 Å². The average Bonchev–Trinajstić information content (AvgIpc) is 2.46. The van der Waals surface area contributed by atoms with Crippen LogP contribution in [-0.2, 0) is 4.74 Å². The number of hydrogen-bond donors (Lipinski definition) is 1. The Kier molecular flexibility index (Phi) is 7.66. The molecule has 1 aliphatic carbocycles. The maximum Gasteiger partial charge on any atom is 0.0589 e. The van der Waals surface area contributed by atoms with Gasteiger partial charge >= 0.3 is 0 Å². The predicted octanol–water partition coefficient (Wildman–Crippen LogP) is 3.54. The highest BCUT2D eigenvalue weighted by molar-refractivity contribution is 4.94. The van der Waals surface area contributed by atoms with Gasteiger partial charge in [0.2, 0.25) is 0 Å². The minimum absolute atomic E-state index is 0.416. The van der Waals surface area contributed by atoms with Gasteiger partial charge in [0.15, 0.2) is 0 Å². The van der Waals surface area contributed by atoms with Gasteiger partial charge < -0.3 is 10.1 Å². The number of hydrogen-bond acceptors (Lipinski definition) is 3. The van der Waals surface area contributed by atoms with Crippen molar-refractivity contribution in [2.45, 2.75) is 78.4 Å². The standard InChI is InChI=1S/C18H38N2O/c1-8-14(2)20(11-12-21-7)17-13-15(18(3,4)5)9-10-16(17)19-6/h14-17,19H,8-13H2,1-7H3. The molecule has 21 heavy (non-hydrogen) atoms. The quantitative estimate of drug-likeness (QED) is 0.778. The van der Waals surface area contributed by atoms with E-state index in [1.807, 2.05) is 7.11 Å². The molecule has 0 heterocycles. The largest absolute Gasteiger partial charge is 0.383 e. The Morgan fingerprint density at radius 1 is 1.29 bits per heavy atom. The third-order valence-corrected chi connectivity index (χ3v) is 5.55. The van der Waals surface area contributed by atoms with Gasteiger partial charge in [0, 0.05) is 31.8 Å². The first-order valence-corrected chi connectivity index (χ1v) is 8.77. The van der Waals surface area contributed by atoms with E-state index in [1.165, 1.54) is 25.7 Å². The van der Waals surface area contributed by atoms with Crippen molar-refractivity contribution < 1.29 is 4.74 Å². The number of likely N-dealkylation sites (N-methyl/N-ethyl adjacent to an activating group) is 1. The topological polar surface area (TPSA) is 24.5 Å². The van der Waals surface area contributed by atoms with Crippen LogP contribution in [0.1, 0.15) is 60.3 Å². The molecule has 0 amide bonds. The van der Waals surface area contributed by atoms with Crippen LogP contribution in [0.3, 0.4) is 0 Å². The first-order valence-electron chi connectivity index (χ1n) is 8.77. The minimum atomic E-state index is 0.416. The number of nitrogens with zero attached hydrogens (tertiary/aromatic N) is 1. The van der Waals surface area contributed by atoms with Gasteiger partial charge in [-0.2, -0.15) is 0 Å². The minimum Gasteiger partial charge on any atom is -0.383 e. The maximum absolute atomic E-state index is 5.36. The van der Waals surface area contributed by atoms with Crippen molar-refractivity contribution in [3.8, 4) is 0 Å². The van der Waals surface area contributed by atoms with Crippen molar-refractivity contribution in [3.05, 3.63) is 0 Å². The fourth-order valence-corrected chi connectivity index (χ4v) is 3.78. The van der Waals surface area contributed by atoms with E-state index >= 15 is 0 Å². The van der Waals surface area contributed by atoms with Gasteiger partial charge in [-0.05, 0) is 51.0 Å². The summed E-state index contributed by atoms with van der Waals surface area (Å²) in [5.74, 6) is 0.821. The van der Waals surface area contributed by atoms with Crippen molar-refractivity contribution in [2.24, 2.45) is 11.3 Å². The zero-order valence-corrected chi connectivity index (χ0v) is 15.4. The van der Waals surface area contributed by atoms with Crippen LogP contribution < -0.4 is 5.32 Å². The summed E-state index contributed by atoms with van der Waals surface area (Å²) >= 11 is 0. The molecule has 126 valence electrons. The summed E-state index contributed by atoms with van der Waals surface area (Å²) in [4.78, 5) is 2.70. The molecule has 1 N–H and O–H groups in total. The molecule has 0 aromatic carbocycles. The average molecular weight is 299 g/mol. The Labute approximate surface area is 132 Å². The molecule has 0 aromatic rings. The van der Waals surface area contributed by atoms with Crippen LogP contribution >= 0.6 is 0 Å². The molecule has 0 aliphatic heterocycles. The van der Waals surface area contributed by atoms with Crippen molar-refractivity contribution >= 4 is 0 Å². The lowest BCUT2D eigenvalue weighted by Crippen LogP contribution is -2.56. The zero-order chi connectivity index (χ0) is 16.0. The second-order valence-electron chi connectivity index (χ2n) is 7.83. The molecule has 4 unspecified atom stereocenters. The van der Waals surface area contributed by atoms with Crippen LogP contribution in [-0.4, -0.2) is 50.3 Å². The molecule has 0 saturated heterocycles. The Balaban J connectivity index is 2.87. The van der Waals surface area contributed by atoms with E-state index in [-0.39, 0.29) is 0 Å². The molecular weight excluding hydrogens is 260 g/mol. The number of methoxy groups -OCH3 is 1. The van der Waals surface area contributed by atoms with Crippen molar-refractivity contribution in [2.75, 3.05) is 27.3 Å². The number of nitrogens with one attached hydrogen (secondary N) is 1. The van der Waals surface area contributed by atoms with E-state index in [1.54, 1.807) is 0 Å². The predicted molar refractivity (Wildman–Crippen MR) is 91.8 cm³/mol. The molecule has 0 radical (unpaired) electrons. The highest BCUT2D eigenvalue weighted by atomic mass is 16.5. The normalized spacial score (nSPS) is 28.9. The molecule has 1 rings (SSSR count). The van der Waals surface area contributed by atoms with Crippen LogP contribution in [0.2, 0.25) is 0 Å². The Bertz CT molecular complexity index is 287. The van der Waals surface area contributed by atoms with Gasteiger partial charge in [-0.3, -0.25) is 4.90 Å². The highest BCUT2D eigenvalue weighted by Gasteiger charge is 2.38. The molecule has 3 heteroatoms. The van der Waals surface area contributed by atoms with Gasteiger partial charge in [0.25, 0.3) is 0 Å². The molecular formula is C18H38N2O. The molecule has 0 spiro atoms. The smallest absolute Gasteiger partial charge is 0.0589 e. The lowest BCUT2D eigenvalue weighted by Gasteiger charge is -2.48. The zero-order valence-electron chi connectivity index (χ0n) is 15.4. The number of rotatable bonds is 7. The Morgan fingerprint density at radius 2 is 1.95 bits per heavy atom. The Hall–Kier alpha value is -0.120. The second-order valence-corrected chi connectivity index (χ2v) is 7.83. The van der Waals surface area contributed by atoms with Gasteiger partial charge in [0.1, 0.15) is 0 Å². The van der Waals surface area contributed by atoms with Gasteiger partial charge in [-0.25, -0.2) is 0 Å². The third-order valence-electron chi connectivity index (χ3n) is 5.55. The van der Waals surface area contributed by atoms with Crippen molar-refractivity contribution in [1.29, 1.82) is 0 Å². The summed E-state index contributed by atoms with van der Waals surface area (Å²) in [6.07, 6.45) is 5.16. The van der Waals surface area contributed by atoms with Crippen molar-refractivity contribution in [1.82, 2.24) is 10.2 Å². The summed E-state index contributed by atoms with van der Waals surface area (Å²) in [5.41, 5.74) is 0.416. The first kappa shape index (κ1) is 18.9. The van der Waals surface area contributed by atoms with E-state index < -0.39 is 0 Å². The summed E-state index contributed by atoms with van der Waals surface area (Å²) in [6.45, 7) is 13.7. The van der Waals surface area contributed by atoms with E-state index in [2.05, 4.69) is 51.9 Å². The summed E-state index contributed by atoms with van der Waals surface area (Å²) < 4.78 is 5.36. The fourth-order valence-electron chi connectivity index (χ4n) is 3.78. The lowest BCUT2D eigenvalue weighted by molar-refractivity contribution is 0.0216. The van der Waals surface area contributed by atoms with Crippen LogP contribution in [0.25, 0.3) is 0 Å². The summed E-state index contributed by atoms with van der Waals surface area (Å²) in [5, 5.41) is 3.58. The molecule has 1 aliphatic rings. The van der Waals surface area contributed by atoms with Crippen LogP contribution in [0.15, 0.2) is 0 Å². The third kappa shape index (κ3) is 5.22. The molecule has 1 saturated carbocycles. The lowest BCUT2D eigenvalue weighted by atomic mass is 9.69. The molecule has 3 nitrogen and oxygen atoms in total. The van der Waals surface area contributed by atoms with Gasteiger partial charge in [-0.15, -0.1) is 0 Å². The van der Waals surface area contributed by atoms with Gasteiger partial charge in [0.05, 0.1) is 6.61 Å². The Morgan fingerprint density at radius 3 is 2.43 bits per heavy atom. The monoisotopic (exact) mass is 298 g/mol. The summed E-state index contributed by atoms with van der Waals surface area (Å²) in [7, 11) is 3.93. The fraction of sp³-hybridized carbons (Fsp3) is 1.00. The first-order chi connectivity index (χ1) is 9.85. The van der Waals surface area contributed by atoms with Crippen LogP contribution in [0, 0.1) is 11.3 Å². The second kappa shape index (κ2) is 8.50.